The molecule has 2 heterocycles. The summed E-state index contributed by atoms with van der Waals surface area (Å²) < 4.78 is 0. The maximum Gasteiger partial charge on any atom is 0.153 e. The van der Waals surface area contributed by atoms with Gasteiger partial charge in [-0.1, -0.05) is 5.16 Å². The number of hydrogen-bond donors (Lipinski definition) is 2. The van der Waals surface area contributed by atoms with Gasteiger partial charge in [0.25, 0.3) is 0 Å². The predicted molar refractivity (Wildman–Crippen MR) is 69.4 cm³/mol. The van der Waals surface area contributed by atoms with Gasteiger partial charge in [-0.25, -0.2) is 0 Å². The largest absolute Gasteiger partial charge is 0.409 e. The Kier molecular flexibility index (Phi) is 4.36. The Morgan fingerprint density at radius 1 is 1.35 bits per heavy atom. The minimum Gasteiger partial charge on any atom is -0.409 e. The first-order valence-corrected chi connectivity index (χ1v) is 6.64. The quantitative estimate of drug-likeness (QED) is 0.358. The van der Waals surface area contributed by atoms with Crippen molar-refractivity contribution < 1.29 is 5.21 Å². The van der Waals surface area contributed by atoms with Gasteiger partial charge in [0.15, 0.2) is 5.84 Å². The van der Waals surface area contributed by atoms with Crippen molar-refractivity contribution in [3.63, 3.8) is 0 Å². The summed E-state index contributed by atoms with van der Waals surface area (Å²) in [5.41, 5.74) is 6.88. The Morgan fingerprint density at radius 2 is 2.06 bits per heavy atom. The summed E-state index contributed by atoms with van der Waals surface area (Å²) in [7, 11) is 0. The van der Waals surface area contributed by atoms with Crippen LogP contribution in [0.5, 0.6) is 0 Å². The molecule has 1 fully saturated rings. The predicted octanol–water partition coefficient (Wildman–Crippen LogP) is 0.612. The van der Waals surface area contributed by atoms with Gasteiger partial charge < -0.3 is 10.9 Å². The lowest BCUT2D eigenvalue weighted by molar-refractivity contribution is 0.139. The van der Waals surface area contributed by atoms with Crippen LogP contribution < -0.4 is 5.73 Å². The van der Waals surface area contributed by atoms with Crippen LogP contribution in [-0.2, 0) is 6.54 Å². The molecule has 1 saturated heterocycles. The molecule has 0 spiro atoms. The SMILES string of the molecule is NC(CN1CCN(Cc2ccsc2)CC1)=NO. The van der Waals surface area contributed by atoms with E-state index in [1.807, 2.05) is 0 Å². The molecule has 1 aliphatic rings. The Balaban J connectivity index is 1.74. The summed E-state index contributed by atoms with van der Waals surface area (Å²) in [5, 5.41) is 15.8. The molecule has 0 saturated carbocycles. The van der Waals surface area contributed by atoms with E-state index >= 15 is 0 Å². The highest BCUT2D eigenvalue weighted by Crippen LogP contribution is 2.11. The third kappa shape index (κ3) is 3.69. The molecule has 17 heavy (non-hydrogen) atoms. The third-order valence-electron chi connectivity index (χ3n) is 2.97. The minimum atomic E-state index is 0.288. The normalized spacial score (nSPS) is 19.6. The van der Waals surface area contributed by atoms with Gasteiger partial charge in [-0.2, -0.15) is 11.3 Å². The van der Waals surface area contributed by atoms with Gasteiger partial charge in [-0.3, -0.25) is 9.80 Å². The Hall–Kier alpha value is -1.11. The van der Waals surface area contributed by atoms with Crippen LogP contribution in [0.15, 0.2) is 22.0 Å². The summed E-state index contributed by atoms with van der Waals surface area (Å²) in [6.45, 7) is 5.60. The zero-order valence-corrected chi connectivity index (χ0v) is 10.6. The third-order valence-corrected chi connectivity index (χ3v) is 3.70. The van der Waals surface area contributed by atoms with Crippen molar-refractivity contribution in [3.8, 4) is 0 Å². The van der Waals surface area contributed by atoms with E-state index in [0.717, 1.165) is 32.7 Å². The van der Waals surface area contributed by atoms with Gasteiger partial charge in [0, 0.05) is 32.7 Å². The number of oxime groups is 1. The fourth-order valence-electron chi connectivity index (χ4n) is 2.01. The summed E-state index contributed by atoms with van der Waals surface area (Å²) in [5.74, 6) is 0.288. The van der Waals surface area contributed by atoms with Crippen molar-refractivity contribution in [2.45, 2.75) is 6.54 Å². The number of piperazine rings is 1. The van der Waals surface area contributed by atoms with E-state index in [1.54, 1.807) is 11.3 Å². The highest BCUT2D eigenvalue weighted by atomic mass is 32.1. The molecule has 0 aromatic carbocycles. The Labute approximate surface area is 105 Å². The van der Waals surface area contributed by atoms with Gasteiger partial charge in [-0.15, -0.1) is 0 Å². The molecule has 3 N–H and O–H groups in total. The number of thiophene rings is 1. The maximum atomic E-state index is 8.52. The molecule has 1 aromatic heterocycles. The zero-order valence-electron chi connectivity index (χ0n) is 9.75. The van der Waals surface area contributed by atoms with E-state index in [9.17, 15) is 0 Å². The van der Waals surface area contributed by atoms with Gasteiger partial charge in [0.2, 0.25) is 0 Å². The highest BCUT2D eigenvalue weighted by molar-refractivity contribution is 7.07. The number of hydrogen-bond acceptors (Lipinski definition) is 5. The van der Waals surface area contributed by atoms with Gasteiger partial charge >= 0.3 is 0 Å². The fourth-order valence-corrected chi connectivity index (χ4v) is 2.67. The number of amidine groups is 1. The zero-order chi connectivity index (χ0) is 12.1. The maximum absolute atomic E-state index is 8.52. The molecular weight excluding hydrogens is 236 g/mol. The van der Waals surface area contributed by atoms with E-state index in [0.29, 0.717) is 6.54 Å². The Bertz CT molecular complexity index is 358. The van der Waals surface area contributed by atoms with E-state index in [4.69, 9.17) is 10.9 Å². The molecule has 0 unspecified atom stereocenters. The molecule has 0 radical (unpaired) electrons. The van der Waals surface area contributed by atoms with Crippen LogP contribution in [0.4, 0.5) is 0 Å². The van der Waals surface area contributed by atoms with Crippen LogP contribution in [0.25, 0.3) is 0 Å². The van der Waals surface area contributed by atoms with Gasteiger partial charge in [0.1, 0.15) is 0 Å². The second kappa shape index (κ2) is 6.00. The van der Waals surface area contributed by atoms with Crippen LogP contribution in [0.1, 0.15) is 5.56 Å². The smallest absolute Gasteiger partial charge is 0.153 e. The van der Waals surface area contributed by atoms with E-state index in [2.05, 4.69) is 31.8 Å². The van der Waals surface area contributed by atoms with Crippen molar-refractivity contribution >= 4 is 17.2 Å². The highest BCUT2D eigenvalue weighted by Gasteiger charge is 2.17. The molecule has 0 atom stereocenters. The average molecular weight is 254 g/mol. The van der Waals surface area contributed by atoms with Crippen molar-refractivity contribution in [2.75, 3.05) is 32.7 Å². The van der Waals surface area contributed by atoms with Gasteiger partial charge in [-0.05, 0) is 22.4 Å². The molecular formula is C11H18N4OS. The monoisotopic (exact) mass is 254 g/mol. The molecule has 94 valence electrons. The number of nitrogens with two attached hydrogens (primary N) is 1. The van der Waals surface area contributed by atoms with E-state index in [-0.39, 0.29) is 5.84 Å². The summed E-state index contributed by atoms with van der Waals surface area (Å²) in [6.07, 6.45) is 0. The second-order valence-corrected chi connectivity index (χ2v) is 5.06. The standard InChI is InChI=1S/C11H18N4OS/c12-11(13-16)8-15-4-2-14(3-5-15)7-10-1-6-17-9-10/h1,6,9,16H,2-5,7-8H2,(H2,12,13). The van der Waals surface area contributed by atoms with Crippen LogP contribution >= 0.6 is 11.3 Å². The van der Waals surface area contributed by atoms with Crippen LogP contribution in [0.3, 0.4) is 0 Å². The lowest BCUT2D eigenvalue weighted by Crippen LogP contribution is -2.48. The summed E-state index contributed by atoms with van der Waals surface area (Å²) >= 11 is 1.74. The molecule has 1 aromatic rings. The lowest BCUT2D eigenvalue weighted by Gasteiger charge is -2.34. The Morgan fingerprint density at radius 3 is 2.65 bits per heavy atom. The molecule has 6 heteroatoms. The molecule has 0 bridgehead atoms. The van der Waals surface area contributed by atoms with Crippen molar-refractivity contribution in [1.29, 1.82) is 0 Å². The van der Waals surface area contributed by atoms with Crippen LogP contribution in [0.2, 0.25) is 0 Å². The topological polar surface area (TPSA) is 65.1 Å². The minimum absolute atomic E-state index is 0.288. The number of rotatable bonds is 4. The molecule has 0 aliphatic carbocycles. The first-order chi connectivity index (χ1) is 8.28. The molecule has 2 rings (SSSR count). The van der Waals surface area contributed by atoms with E-state index in [1.165, 1.54) is 5.56 Å². The van der Waals surface area contributed by atoms with Crippen LogP contribution in [-0.4, -0.2) is 53.6 Å². The molecule has 1 aliphatic heterocycles. The van der Waals surface area contributed by atoms with Crippen molar-refractivity contribution in [2.24, 2.45) is 10.9 Å². The lowest BCUT2D eigenvalue weighted by atomic mass is 10.2. The first-order valence-electron chi connectivity index (χ1n) is 5.70. The van der Waals surface area contributed by atoms with Crippen LogP contribution in [0, 0.1) is 0 Å². The summed E-state index contributed by atoms with van der Waals surface area (Å²) in [4.78, 5) is 4.64. The summed E-state index contributed by atoms with van der Waals surface area (Å²) in [6, 6.07) is 2.17. The number of nitrogens with zero attached hydrogens (tertiary/aromatic N) is 3. The van der Waals surface area contributed by atoms with Crippen molar-refractivity contribution in [1.82, 2.24) is 9.80 Å². The average Bonchev–Trinajstić information content (AvgIpc) is 2.84. The van der Waals surface area contributed by atoms with Crippen molar-refractivity contribution in [3.05, 3.63) is 22.4 Å². The first kappa shape index (κ1) is 12.3. The molecule has 0 amide bonds. The fraction of sp³-hybridized carbons (Fsp3) is 0.545. The molecule has 5 nitrogen and oxygen atoms in total. The van der Waals surface area contributed by atoms with E-state index < -0.39 is 0 Å². The van der Waals surface area contributed by atoms with Gasteiger partial charge in [0.05, 0.1) is 6.54 Å². The second-order valence-electron chi connectivity index (χ2n) is 4.28.